The van der Waals surface area contributed by atoms with Crippen LogP contribution in [0.4, 0.5) is 0 Å². The van der Waals surface area contributed by atoms with Gasteiger partial charge in [-0.25, -0.2) is 0 Å². The van der Waals surface area contributed by atoms with Crippen molar-refractivity contribution >= 4 is 0 Å². The van der Waals surface area contributed by atoms with E-state index < -0.39 is 0 Å². The standard InChI is InChI=1S/C17H22N2O4/c1-3-20-13-7-9-14(10-8-13)22-12(2)16-18-19-17(23-16)15-6-4-5-11-21-15/h7-10,12,15H,3-6,11H2,1-2H3/t12-,15-/m1/s1. The van der Waals surface area contributed by atoms with Crippen molar-refractivity contribution in [2.75, 3.05) is 13.2 Å². The minimum Gasteiger partial charge on any atom is -0.494 e. The Labute approximate surface area is 135 Å². The van der Waals surface area contributed by atoms with Gasteiger partial charge in [-0.2, -0.15) is 0 Å². The quantitative estimate of drug-likeness (QED) is 0.806. The topological polar surface area (TPSA) is 66.6 Å². The van der Waals surface area contributed by atoms with Gasteiger partial charge < -0.3 is 18.6 Å². The molecule has 0 bridgehead atoms. The van der Waals surface area contributed by atoms with Crippen LogP contribution in [0, 0.1) is 0 Å². The lowest BCUT2D eigenvalue weighted by Gasteiger charge is -2.19. The first kappa shape index (κ1) is 15.8. The Bertz CT molecular complexity index is 605. The number of ether oxygens (including phenoxy) is 3. The lowest BCUT2D eigenvalue weighted by molar-refractivity contribution is -0.00312. The molecular weight excluding hydrogens is 296 g/mol. The summed E-state index contributed by atoms with van der Waals surface area (Å²) in [5, 5.41) is 8.19. The van der Waals surface area contributed by atoms with E-state index in [0.29, 0.717) is 18.4 Å². The van der Waals surface area contributed by atoms with Gasteiger partial charge in [-0.05, 0) is 57.4 Å². The number of hydrogen-bond donors (Lipinski definition) is 0. The van der Waals surface area contributed by atoms with E-state index in [1.807, 2.05) is 38.1 Å². The molecule has 1 aliphatic rings. The summed E-state index contributed by atoms with van der Waals surface area (Å²) >= 11 is 0. The molecule has 6 nitrogen and oxygen atoms in total. The number of aromatic nitrogens is 2. The van der Waals surface area contributed by atoms with Crippen LogP contribution >= 0.6 is 0 Å². The molecule has 23 heavy (non-hydrogen) atoms. The number of benzene rings is 1. The van der Waals surface area contributed by atoms with E-state index in [1.165, 1.54) is 0 Å². The number of nitrogens with zero attached hydrogens (tertiary/aromatic N) is 2. The SMILES string of the molecule is CCOc1ccc(O[C@H](C)c2nnc([C@H]3CCCCO3)o2)cc1. The molecule has 0 saturated carbocycles. The van der Waals surface area contributed by atoms with E-state index in [9.17, 15) is 0 Å². The summed E-state index contributed by atoms with van der Waals surface area (Å²) in [4.78, 5) is 0. The maximum absolute atomic E-state index is 5.84. The maximum atomic E-state index is 5.84. The fourth-order valence-electron chi connectivity index (χ4n) is 2.51. The minimum atomic E-state index is -0.321. The second-order valence-electron chi connectivity index (χ2n) is 5.50. The highest BCUT2D eigenvalue weighted by atomic mass is 16.5. The molecule has 1 saturated heterocycles. The zero-order valence-electron chi connectivity index (χ0n) is 13.5. The summed E-state index contributed by atoms with van der Waals surface area (Å²) in [6.45, 7) is 5.23. The van der Waals surface area contributed by atoms with Gasteiger partial charge in [0.1, 0.15) is 17.6 Å². The molecule has 0 amide bonds. The highest BCUT2D eigenvalue weighted by molar-refractivity contribution is 5.31. The second-order valence-corrected chi connectivity index (χ2v) is 5.50. The molecule has 1 aromatic carbocycles. The van der Waals surface area contributed by atoms with Gasteiger partial charge in [0.2, 0.25) is 5.89 Å². The third-order valence-electron chi connectivity index (χ3n) is 3.71. The normalized spacial score (nSPS) is 19.3. The van der Waals surface area contributed by atoms with Crippen LogP contribution in [0.3, 0.4) is 0 Å². The number of hydrogen-bond acceptors (Lipinski definition) is 6. The Kier molecular flexibility index (Phi) is 5.12. The summed E-state index contributed by atoms with van der Waals surface area (Å²) in [6.07, 6.45) is 2.74. The molecule has 0 N–H and O–H groups in total. The van der Waals surface area contributed by atoms with Crippen molar-refractivity contribution in [3.05, 3.63) is 36.0 Å². The molecule has 0 aliphatic carbocycles. The van der Waals surface area contributed by atoms with E-state index in [-0.39, 0.29) is 12.2 Å². The van der Waals surface area contributed by atoms with Crippen molar-refractivity contribution in [3.63, 3.8) is 0 Å². The Balaban J connectivity index is 1.61. The molecule has 1 aromatic heterocycles. The van der Waals surface area contributed by atoms with Crippen LogP contribution in [-0.2, 0) is 4.74 Å². The average Bonchev–Trinajstić information content (AvgIpc) is 3.08. The van der Waals surface area contributed by atoms with Crippen LogP contribution in [0.2, 0.25) is 0 Å². The predicted molar refractivity (Wildman–Crippen MR) is 83.5 cm³/mol. The molecule has 1 fully saturated rings. The maximum Gasteiger partial charge on any atom is 0.256 e. The van der Waals surface area contributed by atoms with E-state index in [4.69, 9.17) is 18.6 Å². The van der Waals surface area contributed by atoms with E-state index in [0.717, 1.165) is 37.4 Å². The van der Waals surface area contributed by atoms with Crippen molar-refractivity contribution in [3.8, 4) is 11.5 Å². The zero-order chi connectivity index (χ0) is 16.1. The Hall–Kier alpha value is -2.08. The van der Waals surface area contributed by atoms with E-state index in [1.54, 1.807) is 0 Å². The number of rotatable bonds is 6. The van der Waals surface area contributed by atoms with E-state index >= 15 is 0 Å². The largest absolute Gasteiger partial charge is 0.494 e. The summed E-state index contributed by atoms with van der Waals surface area (Å²) in [5.41, 5.74) is 0. The van der Waals surface area contributed by atoms with Crippen molar-refractivity contribution in [2.24, 2.45) is 0 Å². The van der Waals surface area contributed by atoms with Gasteiger partial charge in [0.05, 0.1) is 6.61 Å². The monoisotopic (exact) mass is 318 g/mol. The highest BCUT2D eigenvalue weighted by Crippen LogP contribution is 2.29. The lowest BCUT2D eigenvalue weighted by Crippen LogP contribution is -2.11. The van der Waals surface area contributed by atoms with Crippen LogP contribution in [0.15, 0.2) is 28.7 Å². The molecule has 0 radical (unpaired) electrons. The first-order valence-electron chi connectivity index (χ1n) is 8.10. The minimum absolute atomic E-state index is 0.0809. The predicted octanol–water partition coefficient (Wildman–Crippen LogP) is 3.85. The van der Waals surface area contributed by atoms with Crippen molar-refractivity contribution in [1.29, 1.82) is 0 Å². The molecular formula is C17H22N2O4. The zero-order valence-corrected chi connectivity index (χ0v) is 13.5. The van der Waals surface area contributed by atoms with Gasteiger partial charge in [0.15, 0.2) is 6.10 Å². The fraction of sp³-hybridized carbons (Fsp3) is 0.529. The molecule has 3 rings (SSSR count). The lowest BCUT2D eigenvalue weighted by atomic mass is 10.1. The summed E-state index contributed by atoms with van der Waals surface area (Å²) < 4.78 is 22.6. The van der Waals surface area contributed by atoms with Gasteiger partial charge in [0.25, 0.3) is 5.89 Å². The fourth-order valence-corrected chi connectivity index (χ4v) is 2.51. The smallest absolute Gasteiger partial charge is 0.256 e. The first-order valence-corrected chi connectivity index (χ1v) is 8.10. The van der Waals surface area contributed by atoms with Crippen LogP contribution in [0.5, 0.6) is 11.5 Å². The third-order valence-corrected chi connectivity index (χ3v) is 3.71. The van der Waals surface area contributed by atoms with Gasteiger partial charge in [-0.1, -0.05) is 0 Å². The van der Waals surface area contributed by atoms with Crippen molar-refractivity contribution in [1.82, 2.24) is 10.2 Å². The van der Waals surface area contributed by atoms with Crippen LogP contribution in [0.1, 0.15) is 57.1 Å². The molecule has 124 valence electrons. The second kappa shape index (κ2) is 7.46. The van der Waals surface area contributed by atoms with Crippen molar-refractivity contribution < 1.29 is 18.6 Å². The summed E-state index contributed by atoms with van der Waals surface area (Å²) in [5.74, 6) is 2.56. The van der Waals surface area contributed by atoms with Crippen LogP contribution in [0.25, 0.3) is 0 Å². The Morgan fingerprint density at radius 1 is 1.17 bits per heavy atom. The average molecular weight is 318 g/mol. The molecule has 0 spiro atoms. The Morgan fingerprint density at radius 3 is 2.65 bits per heavy atom. The summed E-state index contributed by atoms with van der Waals surface area (Å²) in [6, 6.07) is 7.48. The van der Waals surface area contributed by atoms with Crippen molar-refractivity contribution in [2.45, 2.75) is 45.3 Å². The third kappa shape index (κ3) is 4.01. The van der Waals surface area contributed by atoms with Gasteiger partial charge in [0, 0.05) is 6.61 Å². The molecule has 2 aromatic rings. The van der Waals surface area contributed by atoms with Gasteiger partial charge in [-0.3, -0.25) is 0 Å². The highest BCUT2D eigenvalue weighted by Gasteiger charge is 2.24. The molecule has 2 heterocycles. The molecule has 2 atom stereocenters. The van der Waals surface area contributed by atoms with Crippen LogP contribution in [-0.4, -0.2) is 23.4 Å². The molecule has 6 heteroatoms. The van der Waals surface area contributed by atoms with Crippen LogP contribution < -0.4 is 9.47 Å². The van der Waals surface area contributed by atoms with Gasteiger partial charge in [-0.15, -0.1) is 10.2 Å². The first-order chi connectivity index (χ1) is 11.3. The molecule has 1 aliphatic heterocycles. The van der Waals surface area contributed by atoms with Gasteiger partial charge >= 0.3 is 0 Å². The molecule has 0 unspecified atom stereocenters. The van der Waals surface area contributed by atoms with E-state index in [2.05, 4.69) is 10.2 Å². The summed E-state index contributed by atoms with van der Waals surface area (Å²) in [7, 11) is 0. The Morgan fingerprint density at radius 2 is 1.96 bits per heavy atom.